The molecule has 0 bridgehead atoms. The second-order valence-electron chi connectivity index (χ2n) is 6.88. The van der Waals surface area contributed by atoms with E-state index in [-0.39, 0.29) is 12.4 Å². The summed E-state index contributed by atoms with van der Waals surface area (Å²) in [6.45, 7) is 4.49. The van der Waals surface area contributed by atoms with Crippen molar-refractivity contribution in [2.75, 3.05) is 18.0 Å². The molecule has 0 saturated carbocycles. The zero-order valence-corrected chi connectivity index (χ0v) is 16.0. The smallest absolute Gasteiger partial charge is 0.0650 e. The molecule has 0 radical (unpaired) electrons. The molecule has 0 N–H and O–H groups in total. The molecular formula is C23H25ClN2. The molecule has 134 valence electrons. The van der Waals surface area contributed by atoms with Gasteiger partial charge in [-0.15, -0.1) is 12.4 Å². The molecule has 1 saturated heterocycles. The number of aryl methyl sites for hydroxylation is 1. The molecule has 2 nitrogen and oxygen atoms in total. The summed E-state index contributed by atoms with van der Waals surface area (Å²) in [7, 11) is 0. The predicted molar refractivity (Wildman–Crippen MR) is 115 cm³/mol. The largest absolute Gasteiger partial charge is 0.371 e. The average Bonchev–Trinajstić information content (AvgIpc) is 2.68. The van der Waals surface area contributed by atoms with Crippen LogP contribution in [0.2, 0.25) is 0 Å². The van der Waals surface area contributed by atoms with Gasteiger partial charge in [0.1, 0.15) is 0 Å². The van der Waals surface area contributed by atoms with Crippen LogP contribution in [-0.4, -0.2) is 18.1 Å². The molecule has 3 heteroatoms. The van der Waals surface area contributed by atoms with E-state index in [0.717, 1.165) is 5.69 Å². The zero-order valence-electron chi connectivity index (χ0n) is 15.2. The third-order valence-electron chi connectivity index (χ3n) is 5.01. The highest BCUT2D eigenvalue weighted by molar-refractivity contribution is 5.86. The fourth-order valence-corrected chi connectivity index (χ4v) is 3.59. The molecule has 0 unspecified atom stereocenters. The van der Waals surface area contributed by atoms with Crippen molar-refractivity contribution in [3.63, 3.8) is 0 Å². The number of halogens is 1. The lowest BCUT2D eigenvalue weighted by atomic mass is 10.1. The Morgan fingerprint density at radius 3 is 2.46 bits per heavy atom. The van der Waals surface area contributed by atoms with Gasteiger partial charge in [-0.05, 0) is 66.3 Å². The van der Waals surface area contributed by atoms with Crippen molar-refractivity contribution in [3.05, 3.63) is 71.5 Å². The van der Waals surface area contributed by atoms with Gasteiger partial charge in [0.2, 0.25) is 0 Å². The number of hydrogen-bond donors (Lipinski definition) is 0. The summed E-state index contributed by atoms with van der Waals surface area (Å²) in [6.07, 6.45) is 10.2. The molecule has 1 aliphatic rings. The van der Waals surface area contributed by atoms with Crippen LogP contribution in [0.1, 0.15) is 36.1 Å². The summed E-state index contributed by atoms with van der Waals surface area (Å²) < 4.78 is 0. The molecule has 2 heterocycles. The van der Waals surface area contributed by atoms with Crippen LogP contribution in [0.5, 0.6) is 0 Å². The zero-order chi connectivity index (χ0) is 17.1. The first-order valence-electron chi connectivity index (χ1n) is 9.18. The first-order valence-corrected chi connectivity index (χ1v) is 9.18. The summed E-state index contributed by atoms with van der Waals surface area (Å²) in [5.41, 5.74) is 4.84. The molecule has 1 aromatic heterocycles. The molecule has 1 fully saturated rings. The third-order valence-corrected chi connectivity index (χ3v) is 5.01. The highest BCUT2D eigenvalue weighted by Gasteiger charge is 2.13. The van der Waals surface area contributed by atoms with Gasteiger partial charge in [-0.3, -0.25) is 4.98 Å². The van der Waals surface area contributed by atoms with Gasteiger partial charge in [0, 0.05) is 25.0 Å². The van der Waals surface area contributed by atoms with Crippen molar-refractivity contribution in [3.8, 4) is 0 Å². The molecular weight excluding hydrogens is 340 g/mol. The van der Waals surface area contributed by atoms with Crippen molar-refractivity contribution < 1.29 is 0 Å². The van der Waals surface area contributed by atoms with E-state index in [4.69, 9.17) is 0 Å². The second kappa shape index (κ2) is 8.37. The summed E-state index contributed by atoms with van der Waals surface area (Å²) >= 11 is 0. The van der Waals surface area contributed by atoms with Crippen LogP contribution < -0.4 is 4.90 Å². The first kappa shape index (κ1) is 18.5. The van der Waals surface area contributed by atoms with E-state index in [1.807, 2.05) is 6.20 Å². The maximum atomic E-state index is 4.60. The lowest BCUT2D eigenvalue weighted by Gasteiger charge is -2.30. The summed E-state index contributed by atoms with van der Waals surface area (Å²) in [4.78, 5) is 7.11. The molecule has 1 aliphatic heterocycles. The number of fused-ring (bicyclic) bond motifs is 1. The van der Waals surface area contributed by atoms with Gasteiger partial charge in [-0.1, -0.05) is 42.5 Å². The molecule has 3 aromatic rings. The minimum Gasteiger partial charge on any atom is -0.371 e. The number of hydrogen-bond acceptors (Lipinski definition) is 2. The Morgan fingerprint density at radius 1 is 0.885 bits per heavy atom. The van der Waals surface area contributed by atoms with E-state index in [1.54, 1.807) is 0 Å². The number of pyridine rings is 1. The van der Waals surface area contributed by atoms with Crippen LogP contribution in [0.3, 0.4) is 0 Å². The number of rotatable bonds is 3. The fraction of sp³-hybridized carbons (Fsp3) is 0.261. The summed E-state index contributed by atoms with van der Waals surface area (Å²) in [5.74, 6) is 0. The van der Waals surface area contributed by atoms with Gasteiger partial charge in [0.05, 0.1) is 5.69 Å². The van der Waals surface area contributed by atoms with Gasteiger partial charge < -0.3 is 4.90 Å². The number of nitrogens with zero attached hydrogens (tertiary/aromatic N) is 2. The van der Waals surface area contributed by atoms with Crippen molar-refractivity contribution >= 4 is 41.0 Å². The van der Waals surface area contributed by atoms with Crippen LogP contribution in [0.4, 0.5) is 5.69 Å². The Bertz CT molecular complexity index is 911. The maximum absolute atomic E-state index is 4.60. The van der Waals surface area contributed by atoms with Crippen molar-refractivity contribution in [1.29, 1.82) is 0 Å². The Hall–Kier alpha value is -2.32. The van der Waals surface area contributed by atoms with Gasteiger partial charge >= 0.3 is 0 Å². The van der Waals surface area contributed by atoms with Crippen LogP contribution in [0.15, 0.2) is 54.7 Å². The molecule has 0 aliphatic carbocycles. The van der Waals surface area contributed by atoms with E-state index in [1.165, 1.54) is 59.9 Å². The SMILES string of the molecule is Cc1cnc(/C=C\c2ccc3ccccc3c2)cc1N1CCCCC1.Cl. The second-order valence-corrected chi connectivity index (χ2v) is 6.88. The Morgan fingerprint density at radius 2 is 1.65 bits per heavy atom. The van der Waals surface area contributed by atoms with Crippen molar-refractivity contribution in [1.82, 2.24) is 4.98 Å². The summed E-state index contributed by atoms with van der Waals surface area (Å²) in [5, 5.41) is 2.55. The van der Waals surface area contributed by atoms with Crippen LogP contribution in [0.25, 0.3) is 22.9 Å². The molecule has 26 heavy (non-hydrogen) atoms. The first-order chi connectivity index (χ1) is 12.3. The predicted octanol–water partition coefficient (Wildman–Crippen LogP) is 6.13. The van der Waals surface area contributed by atoms with Gasteiger partial charge in [0.25, 0.3) is 0 Å². The third kappa shape index (κ3) is 4.08. The standard InChI is InChI=1S/C23H24N2.ClH/c1-18-17-24-22(16-23(18)25-13-5-2-6-14-25)12-10-19-9-11-20-7-3-4-8-21(20)15-19;/h3-4,7-12,15-17H,2,5-6,13-14H2,1H3;1H/b12-10-;. The fourth-order valence-electron chi connectivity index (χ4n) is 3.59. The number of piperidine rings is 1. The van der Waals surface area contributed by atoms with E-state index < -0.39 is 0 Å². The number of benzene rings is 2. The molecule has 0 amide bonds. The van der Waals surface area contributed by atoms with E-state index in [9.17, 15) is 0 Å². The minimum absolute atomic E-state index is 0. The number of anilines is 1. The van der Waals surface area contributed by atoms with Crippen molar-refractivity contribution in [2.24, 2.45) is 0 Å². The highest BCUT2D eigenvalue weighted by atomic mass is 35.5. The Labute approximate surface area is 162 Å². The Balaban J connectivity index is 0.00000196. The lowest BCUT2D eigenvalue weighted by Crippen LogP contribution is -2.30. The minimum atomic E-state index is 0. The van der Waals surface area contributed by atoms with Crippen LogP contribution >= 0.6 is 12.4 Å². The van der Waals surface area contributed by atoms with E-state index in [0.29, 0.717) is 0 Å². The summed E-state index contributed by atoms with van der Waals surface area (Å²) in [6, 6.07) is 17.3. The van der Waals surface area contributed by atoms with Crippen LogP contribution in [0, 0.1) is 6.92 Å². The lowest BCUT2D eigenvalue weighted by molar-refractivity contribution is 0.577. The molecule has 0 atom stereocenters. The molecule has 0 spiro atoms. The van der Waals surface area contributed by atoms with Gasteiger partial charge in [-0.2, -0.15) is 0 Å². The van der Waals surface area contributed by atoms with Crippen molar-refractivity contribution in [2.45, 2.75) is 26.2 Å². The maximum Gasteiger partial charge on any atom is 0.0650 e. The highest BCUT2D eigenvalue weighted by Crippen LogP contribution is 2.25. The topological polar surface area (TPSA) is 16.1 Å². The van der Waals surface area contributed by atoms with Gasteiger partial charge in [-0.25, -0.2) is 0 Å². The average molecular weight is 365 g/mol. The number of aromatic nitrogens is 1. The molecule has 2 aromatic carbocycles. The molecule has 4 rings (SSSR count). The monoisotopic (exact) mass is 364 g/mol. The van der Waals surface area contributed by atoms with Gasteiger partial charge in [0.15, 0.2) is 0 Å². The normalized spacial score (nSPS) is 14.6. The Kier molecular flexibility index (Phi) is 5.95. The van der Waals surface area contributed by atoms with Crippen LogP contribution in [-0.2, 0) is 0 Å². The quantitative estimate of drug-likeness (QED) is 0.556. The van der Waals surface area contributed by atoms with E-state index >= 15 is 0 Å². The van der Waals surface area contributed by atoms with E-state index in [2.05, 4.69) is 77.5 Å².